The molecule has 0 bridgehead atoms. The molecule has 0 aliphatic rings. The number of benzene rings is 2. The van der Waals surface area contributed by atoms with Crippen molar-refractivity contribution in [3.05, 3.63) is 69.8 Å². The van der Waals surface area contributed by atoms with Gasteiger partial charge in [0.1, 0.15) is 6.07 Å². The Morgan fingerprint density at radius 1 is 1.29 bits per heavy atom. The maximum Gasteiger partial charge on any atom is 0.300 e. The highest BCUT2D eigenvalue weighted by atomic mass is 32.1. The van der Waals surface area contributed by atoms with Crippen LogP contribution in [0.1, 0.15) is 21.6 Å². The number of nitrogens with zero attached hydrogens (tertiary/aromatic N) is 4. The molecule has 0 amide bonds. The van der Waals surface area contributed by atoms with Gasteiger partial charge in [0, 0.05) is 40.2 Å². The number of H-pyrrole nitrogens is 1. The molecule has 3 N–H and O–H groups in total. The maximum atomic E-state index is 13.5. The summed E-state index contributed by atoms with van der Waals surface area (Å²) in [5.74, 6) is -1.48. The van der Waals surface area contributed by atoms with Crippen molar-refractivity contribution in [2.45, 2.75) is 13.0 Å². The van der Waals surface area contributed by atoms with E-state index < -0.39 is 23.3 Å². The molecule has 0 unspecified atom stereocenters. The van der Waals surface area contributed by atoms with Crippen molar-refractivity contribution in [3.8, 4) is 27.8 Å². The van der Waals surface area contributed by atoms with Gasteiger partial charge in [0.2, 0.25) is 5.78 Å². The summed E-state index contributed by atoms with van der Waals surface area (Å²) in [6, 6.07) is 12.6. The van der Waals surface area contributed by atoms with E-state index in [2.05, 4.69) is 21.4 Å². The number of nitriles is 1. The van der Waals surface area contributed by atoms with Gasteiger partial charge in [-0.15, -0.1) is 11.3 Å². The van der Waals surface area contributed by atoms with Crippen LogP contribution in [0.4, 0.5) is 8.78 Å². The second-order valence-corrected chi connectivity index (χ2v) is 8.81. The third-order valence-corrected chi connectivity index (χ3v) is 6.98. The number of aromatic amines is 1. The van der Waals surface area contributed by atoms with Crippen LogP contribution in [0.3, 0.4) is 0 Å². The normalized spacial score (nSPS) is 11.4. The van der Waals surface area contributed by atoms with Crippen LogP contribution in [0.5, 0.6) is 0 Å². The third-order valence-electron chi connectivity index (χ3n) is 5.80. The number of aryl methyl sites for hydroxylation is 1. The number of nitrogens with one attached hydrogen (secondary N) is 1. The van der Waals surface area contributed by atoms with Crippen LogP contribution >= 0.6 is 11.3 Å². The number of rotatable bonds is 5. The van der Waals surface area contributed by atoms with Gasteiger partial charge in [-0.05, 0) is 23.8 Å². The second kappa shape index (κ2) is 8.50. The first-order chi connectivity index (χ1) is 16.8. The Labute approximate surface area is 200 Å². The number of fused-ring (bicyclic) bond motifs is 2. The fraction of sp³-hybridized carbons (Fsp3) is 0.125. The molecule has 0 atom stereocenters. The molecular weight excluding hydrogens is 474 g/mol. The lowest BCUT2D eigenvalue weighted by molar-refractivity contribution is 0.0680. The van der Waals surface area contributed by atoms with Crippen molar-refractivity contribution < 1.29 is 13.6 Å². The van der Waals surface area contributed by atoms with E-state index in [4.69, 9.17) is 5.73 Å². The number of halogens is 2. The van der Waals surface area contributed by atoms with Crippen molar-refractivity contribution in [3.63, 3.8) is 0 Å². The van der Waals surface area contributed by atoms with Crippen LogP contribution in [0.15, 0.2) is 47.4 Å². The number of aromatic nitrogens is 4. The molecule has 0 saturated heterocycles. The molecule has 5 aromatic rings. The molecule has 3 heterocycles. The zero-order valence-corrected chi connectivity index (χ0v) is 19.0. The molecule has 5 rings (SSSR count). The standard InChI is InChI=1S/C24H16F2N6O2S/c1-32-20(22-15(8-27)12-4-2-3-5-18(12)35-22)16(10-29-32)11-6-13-17(9-28)30-31-24(34)19(13)14(7-11)21(33)23(25)26/h2-7,10,23H,9,28H2,1H3,(H,31,34). The Morgan fingerprint density at radius 2 is 2.06 bits per heavy atom. The largest absolute Gasteiger partial charge is 0.325 e. The van der Waals surface area contributed by atoms with Gasteiger partial charge in [0.05, 0.1) is 33.4 Å². The smallest absolute Gasteiger partial charge is 0.300 e. The van der Waals surface area contributed by atoms with Gasteiger partial charge in [-0.2, -0.15) is 15.5 Å². The predicted octanol–water partition coefficient (Wildman–Crippen LogP) is 3.98. The highest BCUT2D eigenvalue weighted by Crippen LogP contribution is 2.43. The first-order valence-corrected chi connectivity index (χ1v) is 11.2. The molecule has 35 heavy (non-hydrogen) atoms. The van der Waals surface area contributed by atoms with Gasteiger partial charge in [-0.25, -0.2) is 13.9 Å². The first-order valence-electron chi connectivity index (χ1n) is 10.4. The topological polar surface area (TPSA) is 130 Å². The molecule has 0 spiro atoms. The van der Waals surface area contributed by atoms with Crippen molar-refractivity contribution >= 4 is 38.0 Å². The minimum absolute atomic E-state index is 0.0895. The van der Waals surface area contributed by atoms with Crippen molar-refractivity contribution in [1.29, 1.82) is 5.26 Å². The minimum Gasteiger partial charge on any atom is -0.325 e. The van der Waals surface area contributed by atoms with Crippen LogP contribution in [0, 0.1) is 11.3 Å². The second-order valence-electron chi connectivity index (χ2n) is 7.76. The Bertz CT molecular complexity index is 1750. The van der Waals surface area contributed by atoms with E-state index in [-0.39, 0.29) is 23.0 Å². The lowest BCUT2D eigenvalue weighted by Gasteiger charge is -2.12. The zero-order valence-electron chi connectivity index (χ0n) is 18.2. The Kier molecular flexibility index (Phi) is 5.47. The van der Waals surface area contributed by atoms with Crippen molar-refractivity contribution in [2.75, 3.05) is 0 Å². The van der Waals surface area contributed by atoms with Crippen LogP contribution in [0.25, 0.3) is 42.6 Å². The lowest BCUT2D eigenvalue weighted by atomic mass is 9.94. The SMILES string of the molecule is Cn1ncc(-c2cc(C(=O)C(F)F)c3c(=O)[nH]nc(CN)c3c2)c1-c1sc2ccccc2c1C#N. The van der Waals surface area contributed by atoms with Crippen LogP contribution in [-0.4, -0.2) is 32.2 Å². The van der Waals surface area contributed by atoms with E-state index in [0.29, 0.717) is 27.3 Å². The fourth-order valence-electron chi connectivity index (χ4n) is 4.21. The quantitative estimate of drug-likeness (QED) is 0.358. The molecule has 0 saturated carbocycles. The van der Waals surface area contributed by atoms with Gasteiger partial charge in [-0.3, -0.25) is 14.3 Å². The minimum atomic E-state index is -3.32. The molecule has 2 aromatic carbocycles. The molecule has 3 aromatic heterocycles. The monoisotopic (exact) mass is 490 g/mol. The average Bonchev–Trinajstić information content (AvgIpc) is 3.42. The number of carbonyl (C=O) groups is 1. The van der Waals surface area contributed by atoms with E-state index in [1.807, 2.05) is 24.3 Å². The summed E-state index contributed by atoms with van der Waals surface area (Å²) in [7, 11) is 1.70. The molecule has 0 aliphatic carbocycles. The predicted molar refractivity (Wildman–Crippen MR) is 128 cm³/mol. The molecule has 0 aliphatic heterocycles. The summed E-state index contributed by atoms with van der Waals surface area (Å²) >= 11 is 1.40. The zero-order chi connectivity index (χ0) is 24.9. The van der Waals surface area contributed by atoms with Crippen LogP contribution < -0.4 is 11.3 Å². The molecule has 11 heteroatoms. The number of carbonyl (C=O) groups excluding carboxylic acids is 1. The van der Waals surface area contributed by atoms with E-state index in [1.54, 1.807) is 17.8 Å². The number of Topliss-reactive ketones (excluding diaryl/α,β-unsaturated/α-hetero) is 1. The summed E-state index contributed by atoms with van der Waals surface area (Å²) in [6.45, 7) is -0.0895. The van der Waals surface area contributed by atoms with Gasteiger partial charge in [-0.1, -0.05) is 18.2 Å². The summed E-state index contributed by atoms with van der Waals surface area (Å²) in [5.41, 5.74) is 6.73. The first kappa shape index (κ1) is 22.5. The molecule has 0 fully saturated rings. The Morgan fingerprint density at radius 3 is 2.77 bits per heavy atom. The number of thiophene rings is 1. The van der Waals surface area contributed by atoms with E-state index >= 15 is 0 Å². The van der Waals surface area contributed by atoms with Crippen LogP contribution in [0.2, 0.25) is 0 Å². The lowest BCUT2D eigenvalue weighted by Crippen LogP contribution is -2.19. The summed E-state index contributed by atoms with van der Waals surface area (Å²) < 4.78 is 29.5. The maximum absolute atomic E-state index is 13.5. The van der Waals surface area contributed by atoms with Crippen LogP contribution in [-0.2, 0) is 13.6 Å². The Hall–Kier alpha value is -4.27. The van der Waals surface area contributed by atoms with Gasteiger partial charge in [0.15, 0.2) is 0 Å². The van der Waals surface area contributed by atoms with E-state index in [1.165, 1.54) is 23.6 Å². The summed E-state index contributed by atoms with van der Waals surface area (Å²) in [4.78, 5) is 25.6. The van der Waals surface area contributed by atoms with E-state index in [9.17, 15) is 23.6 Å². The van der Waals surface area contributed by atoms with Crippen molar-refractivity contribution in [2.24, 2.45) is 12.8 Å². The van der Waals surface area contributed by atoms with Gasteiger partial charge >= 0.3 is 6.43 Å². The number of nitrogens with two attached hydrogens (primary N) is 1. The molecular formula is C24H16F2N6O2S. The van der Waals surface area contributed by atoms with Gasteiger partial charge < -0.3 is 5.73 Å². The molecule has 8 nitrogen and oxygen atoms in total. The van der Waals surface area contributed by atoms with Crippen molar-refractivity contribution in [1.82, 2.24) is 20.0 Å². The highest BCUT2D eigenvalue weighted by Gasteiger charge is 2.26. The van der Waals surface area contributed by atoms with E-state index in [0.717, 1.165) is 10.1 Å². The number of alkyl halides is 2. The number of hydrogen-bond acceptors (Lipinski definition) is 7. The average molecular weight is 490 g/mol. The molecule has 0 radical (unpaired) electrons. The number of hydrogen-bond donors (Lipinski definition) is 2. The highest BCUT2D eigenvalue weighted by molar-refractivity contribution is 7.22. The summed E-state index contributed by atoms with van der Waals surface area (Å²) in [5, 5.41) is 21.2. The molecule has 174 valence electrons. The fourth-order valence-corrected chi connectivity index (χ4v) is 5.46. The van der Waals surface area contributed by atoms with Gasteiger partial charge in [0.25, 0.3) is 5.56 Å². The Balaban J connectivity index is 1.86. The summed E-state index contributed by atoms with van der Waals surface area (Å²) in [6.07, 6.45) is -1.79. The number of ketones is 1. The third kappa shape index (κ3) is 3.51.